The molecule has 0 aliphatic heterocycles. The molecule has 0 spiro atoms. The first-order chi connectivity index (χ1) is 5.34. The molecule has 0 atom stereocenters. The van der Waals surface area contributed by atoms with E-state index in [1.807, 2.05) is 30.1 Å². The van der Waals surface area contributed by atoms with Crippen LogP contribution in [0.1, 0.15) is 0 Å². The quantitative estimate of drug-likeness (QED) is 0.607. The second-order valence-corrected chi connectivity index (χ2v) is 2.30. The first kappa shape index (κ1) is 8.01. The highest BCUT2D eigenvalue weighted by Crippen LogP contribution is 2.04. The summed E-state index contributed by atoms with van der Waals surface area (Å²) in [7, 11) is 3.60. The Bertz CT molecular complexity index is 201. The number of anilines is 1. The molecule has 0 saturated heterocycles. The van der Waals surface area contributed by atoms with Gasteiger partial charge in [0.15, 0.2) is 0 Å². The van der Waals surface area contributed by atoms with E-state index in [4.69, 9.17) is 4.74 Å². The van der Waals surface area contributed by atoms with Crippen molar-refractivity contribution in [3.63, 3.8) is 0 Å². The third-order valence-electron chi connectivity index (χ3n) is 1.36. The van der Waals surface area contributed by atoms with Gasteiger partial charge in [0.25, 0.3) is 0 Å². The Balaban J connectivity index is 2.61. The molecule has 0 unspecified atom stereocenters. The summed E-state index contributed by atoms with van der Waals surface area (Å²) in [5.41, 5.74) is 0. The van der Waals surface area contributed by atoms with Crippen molar-refractivity contribution in [1.29, 1.82) is 0 Å². The fourth-order valence-electron chi connectivity index (χ4n) is 0.839. The Morgan fingerprint density at radius 2 is 2.36 bits per heavy atom. The van der Waals surface area contributed by atoms with Crippen LogP contribution in [0.4, 0.5) is 5.82 Å². The van der Waals surface area contributed by atoms with Gasteiger partial charge in [0.2, 0.25) is 0 Å². The maximum atomic E-state index is 4.94. The molecule has 0 amide bonds. The number of hydrogen-bond donors (Lipinski definition) is 0. The van der Waals surface area contributed by atoms with Crippen molar-refractivity contribution in [2.24, 2.45) is 0 Å². The van der Waals surface area contributed by atoms with E-state index >= 15 is 0 Å². The van der Waals surface area contributed by atoms with Crippen molar-refractivity contribution in [1.82, 2.24) is 4.98 Å². The van der Waals surface area contributed by atoms with Crippen LogP contribution in [-0.2, 0) is 4.74 Å². The van der Waals surface area contributed by atoms with Crippen molar-refractivity contribution < 1.29 is 4.74 Å². The van der Waals surface area contributed by atoms with Crippen LogP contribution in [0.5, 0.6) is 0 Å². The summed E-state index contributed by atoms with van der Waals surface area (Å²) >= 11 is 0. The topological polar surface area (TPSA) is 25.4 Å². The van der Waals surface area contributed by atoms with Crippen LogP contribution in [-0.4, -0.2) is 25.9 Å². The zero-order valence-corrected chi connectivity index (χ0v) is 6.82. The summed E-state index contributed by atoms with van der Waals surface area (Å²) in [6, 6.07) is 5.79. The SMILES string of the molecule is COCN(C)c1ccccn1. The number of nitrogens with zero attached hydrogens (tertiary/aromatic N) is 2. The fourth-order valence-corrected chi connectivity index (χ4v) is 0.839. The normalized spacial score (nSPS) is 9.64. The van der Waals surface area contributed by atoms with Crippen LogP contribution in [0.15, 0.2) is 24.4 Å². The largest absolute Gasteiger partial charge is 0.364 e. The van der Waals surface area contributed by atoms with Crippen molar-refractivity contribution in [3.8, 4) is 0 Å². The number of methoxy groups -OCH3 is 1. The van der Waals surface area contributed by atoms with Gasteiger partial charge in [0.1, 0.15) is 12.5 Å². The predicted molar refractivity (Wildman–Crippen MR) is 44.5 cm³/mol. The average Bonchev–Trinajstić information content (AvgIpc) is 2.07. The molecule has 0 aliphatic carbocycles. The molecular weight excluding hydrogens is 140 g/mol. The Kier molecular flexibility index (Phi) is 2.86. The van der Waals surface area contributed by atoms with E-state index < -0.39 is 0 Å². The maximum absolute atomic E-state index is 4.94. The van der Waals surface area contributed by atoms with Gasteiger partial charge in [-0.15, -0.1) is 0 Å². The lowest BCUT2D eigenvalue weighted by molar-refractivity contribution is 0.201. The predicted octanol–water partition coefficient (Wildman–Crippen LogP) is 1.12. The number of ether oxygens (including phenoxy) is 1. The maximum Gasteiger partial charge on any atom is 0.130 e. The number of aromatic nitrogens is 1. The summed E-state index contributed by atoms with van der Waals surface area (Å²) in [5, 5.41) is 0. The summed E-state index contributed by atoms with van der Waals surface area (Å²) in [4.78, 5) is 6.07. The first-order valence-electron chi connectivity index (χ1n) is 3.45. The van der Waals surface area contributed by atoms with Crippen LogP contribution in [0.25, 0.3) is 0 Å². The molecule has 11 heavy (non-hydrogen) atoms. The molecule has 0 saturated carbocycles. The summed E-state index contributed by atoms with van der Waals surface area (Å²) in [6.07, 6.45) is 1.77. The first-order valence-corrected chi connectivity index (χ1v) is 3.45. The lowest BCUT2D eigenvalue weighted by atomic mass is 10.4. The Labute approximate surface area is 66.6 Å². The monoisotopic (exact) mass is 152 g/mol. The zero-order chi connectivity index (χ0) is 8.10. The summed E-state index contributed by atoms with van der Waals surface area (Å²) < 4.78 is 4.94. The molecule has 3 heteroatoms. The van der Waals surface area contributed by atoms with E-state index in [2.05, 4.69) is 4.98 Å². The van der Waals surface area contributed by atoms with Crippen molar-refractivity contribution >= 4 is 5.82 Å². The fraction of sp³-hybridized carbons (Fsp3) is 0.375. The molecule has 1 aromatic heterocycles. The number of pyridine rings is 1. The number of hydrogen-bond acceptors (Lipinski definition) is 3. The molecule has 0 radical (unpaired) electrons. The molecule has 0 fully saturated rings. The minimum absolute atomic E-state index is 0.566. The minimum atomic E-state index is 0.566. The highest BCUT2D eigenvalue weighted by molar-refractivity contribution is 5.35. The summed E-state index contributed by atoms with van der Waals surface area (Å²) in [6.45, 7) is 0.566. The highest BCUT2D eigenvalue weighted by atomic mass is 16.5. The second kappa shape index (κ2) is 3.93. The lowest BCUT2D eigenvalue weighted by Crippen LogP contribution is -2.20. The Hall–Kier alpha value is -1.09. The Morgan fingerprint density at radius 3 is 2.91 bits per heavy atom. The van der Waals surface area contributed by atoms with Crippen LogP contribution >= 0.6 is 0 Å². The molecule has 0 N–H and O–H groups in total. The molecule has 1 rings (SSSR count). The van der Waals surface area contributed by atoms with Crippen molar-refractivity contribution in [3.05, 3.63) is 24.4 Å². The lowest BCUT2D eigenvalue weighted by Gasteiger charge is -2.15. The molecule has 1 aromatic rings. The van der Waals surface area contributed by atoms with Gasteiger partial charge in [-0.1, -0.05) is 6.07 Å². The minimum Gasteiger partial charge on any atom is -0.364 e. The average molecular weight is 152 g/mol. The van der Waals surface area contributed by atoms with Crippen LogP contribution in [0, 0.1) is 0 Å². The van der Waals surface area contributed by atoms with Gasteiger partial charge in [-0.25, -0.2) is 4.98 Å². The molecule has 0 aromatic carbocycles. The van der Waals surface area contributed by atoms with Gasteiger partial charge in [-0.3, -0.25) is 0 Å². The van der Waals surface area contributed by atoms with Gasteiger partial charge in [0, 0.05) is 20.4 Å². The van der Waals surface area contributed by atoms with E-state index in [1.165, 1.54) is 0 Å². The van der Waals surface area contributed by atoms with Gasteiger partial charge < -0.3 is 9.64 Å². The van der Waals surface area contributed by atoms with Gasteiger partial charge in [0.05, 0.1) is 0 Å². The second-order valence-electron chi connectivity index (χ2n) is 2.30. The van der Waals surface area contributed by atoms with Crippen molar-refractivity contribution in [2.75, 3.05) is 25.8 Å². The van der Waals surface area contributed by atoms with Gasteiger partial charge >= 0.3 is 0 Å². The molecular formula is C8H12N2O. The molecule has 1 heterocycles. The smallest absolute Gasteiger partial charge is 0.130 e. The molecule has 3 nitrogen and oxygen atoms in total. The third kappa shape index (κ3) is 2.20. The number of rotatable bonds is 3. The van der Waals surface area contributed by atoms with Gasteiger partial charge in [-0.05, 0) is 12.1 Å². The van der Waals surface area contributed by atoms with E-state index in [0.717, 1.165) is 5.82 Å². The zero-order valence-electron chi connectivity index (χ0n) is 6.82. The van der Waals surface area contributed by atoms with Crippen molar-refractivity contribution in [2.45, 2.75) is 0 Å². The van der Waals surface area contributed by atoms with Gasteiger partial charge in [-0.2, -0.15) is 0 Å². The highest BCUT2D eigenvalue weighted by Gasteiger charge is 1.97. The van der Waals surface area contributed by atoms with E-state index in [0.29, 0.717) is 6.73 Å². The molecule has 60 valence electrons. The van der Waals surface area contributed by atoms with E-state index in [9.17, 15) is 0 Å². The Morgan fingerprint density at radius 1 is 1.55 bits per heavy atom. The molecule has 0 bridgehead atoms. The van der Waals surface area contributed by atoms with Crippen LogP contribution < -0.4 is 4.90 Å². The summed E-state index contributed by atoms with van der Waals surface area (Å²) in [5.74, 6) is 0.925. The standard InChI is InChI=1S/C8H12N2O/c1-10(7-11-2)8-5-3-4-6-9-8/h3-6H,7H2,1-2H3. The van der Waals surface area contributed by atoms with E-state index in [1.54, 1.807) is 13.3 Å². The van der Waals surface area contributed by atoms with Crippen LogP contribution in [0.2, 0.25) is 0 Å². The van der Waals surface area contributed by atoms with E-state index in [-0.39, 0.29) is 0 Å². The third-order valence-corrected chi connectivity index (χ3v) is 1.36. The van der Waals surface area contributed by atoms with Crippen LogP contribution in [0.3, 0.4) is 0 Å². The molecule has 0 aliphatic rings.